The average molecular weight is 507 g/mol. The van der Waals surface area contributed by atoms with Gasteiger partial charge in [0.1, 0.15) is 6.54 Å². The highest BCUT2D eigenvalue weighted by atomic mass is 127. The summed E-state index contributed by atoms with van der Waals surface area (Å²) >= 11 is 8.24. The Labute approximate surface area is 172 Å². The fourth-order valence-electron chi connectivity index (χ4n) is 2.40. The topological polar surface area (TPSA) is 66.5 Å². The van der Waals surface area contributed by atoms with Crippen LogP contribution in [0, 0.1) is 3.57 Å². The van der Waals surface area contributed by atoms with E-state index in [1.807, 2.05) is 24.3 Å². The van der Waals surface area contributed by atoms with E-state index >= 15 is 0 Å². The van der Waals surface area contributed by atoms with Crippen molar-refractivity contribution in [1.82, 2.24) is 5.32 Å². The number of hydrogen-bond acceptors (Lipinski definition) is 3. The fourth-order valence-corrected chi connectivity index (χ4v) is 3.85. The molecular formula is C18H20ClIN2O3S. The van der Waals surface area contributed by atoms with Crippen LogP contribution in [0.4, 0.5) is 5.69 Å². The number of carbonyl (C=O) groups is 1. The van der Waals surface area contributed by atoms with Crippen molar-refractivity contribution in [2.75, 3.05) is 23.7 Å². The van der Waals surface area contributed by atoms with E-state index in [1.165, 1.54) is 0 Å². The molecule has 0 unspecified atom stereocenters. The number of nitrogens with zero attached hydrogens (tertiary/aromatic N) is 1. The third-order valence-electron chi connectivity index (χ3n) is 3.71. The third kappa shape index (κ3) is 6.44. The average Bonchev–Trinajstić information content (AvgIpc) is 2.58. The van der Waals surface area contributed by atoms with Gasteiger partial charge in [0.05, 0.1) is 11.9 Å². The van der Waals surface area contributed by atoms with Crippen LogP contribution in [0.3, 0.4) is 0 Å². The highest BCUT2D eigenvalue weighted by Gasteiger charge is 2.20. The summed E-state index contributed by atoms with van der Waals surface area (Å²) in [4.78, 5) is 12.2. The Morgan fingerprint density at radius 3 is 2.42 bits per heavy atom. The number of aryl methyl sites for hydroxylation is 1. The van der Waals surface area contributed by atoms with Crippen molar-refractivity contribution in [2.45, 2.75) is 12.8 Å². The largest absolute Gasteiger partial charge is 0.355 e. The van der Waals surface area contributed by atoms with Crippen LogP contribution >= 0.6 is 34.2 Å². The van der Waals surface area contributed by atoms with E-state index in [2.05, 4.69) is 27.9 Å². The molecule has 0 aliphatic carbocycles. The number of benzene rings is 2. The summed E-state index contributed by atoms with van der Waals surface area (Å²) in [5, 5.41) is 3.48. The molecule has 0 saturated carbocycles. The molecule has 0 radical (unpaired) electrons. The van der Waals surface area contributed by atoms with Crippen molar-refractivity contribution in [3.8, 4) is 0 Å². The molecule has 5 nitrogen and oxygen atoms in total. The number of carbonyl (C=O) groups excluding carboxylic acids is 1. The lowest BCUT2D eigenvalue weighted by molar-refractivity contribution is -0.119. The van der Waals surface area contributed by atoms with Crippen LogP contribution in [0.5, 0.6) is 0 Å². The molecule has 8 heteroatoms. The summed E-state index contributed by atoms with van der Waals surface area (Å²) in [6.07, 6.45) is 2.56. The van der Waals surface area contributed by atoms with Gasteiger partial charge in [-0.15, -0.1) is 0 Å². The van der Waals surface area contributed by atoms with Gasteiger partial charge in [-0.05, 0) is 71.3 Å². The zero-order chi connectivity index (χ0) is 19.2. The van der Waals surface area contributed by atoms with Gasteiger partial charge in [0, 0.05) is 15.1 Å². The molecule has 2 aromatic rings. The highest BCUT2D eigenvalue weighted by Crippen LogP contribution is 2.19. The number of halogens is 2. The summed E-state index contributed by atoms with van der Waals surface area (Å²) in [5.41, 5.74) is 1.50. The van der Waals surface area contributed by atoms with Crippen LogP contribution in [0.2, 0.25) is 5.02 Å². The first-order chi connectivity index (χ1) is 12.3. The van der Waals surface area contributed by atoms with Gasteiger partial charge < -0.3 is 5.32 Å². The SMILES string of the molecule is CS(=O)(=O)N(CC(=O)NCCCc1ccccc1Cl)c1ccc(I)cc1. The number of nitrogens with one attached hydrogen (secondary N) is 1. The summed E-state index contributed by atoms with van der Waals surface area (Å²) in [6, 6.07) is 14.6. The van der Waals surface area contributed by atoms with E-state index in [1.54, 1.807) is 24.3 Å². The molecule has 1 N–H and O–H groups in total. The molecule has 0 spiro atoms. The molecule has 0 aliphatic rings. The minimum atomic E-state index is -3.55. The van der Waals surface area contributed by atoms with Gasteiger partial charge in [-0.1, -0.05) is 29.8 Å². The number of anilines is 1. The Balaban J connectivity index is 1.89. The summed E-state index contributed by atoms with van der Waals surface area (Å²) in [5.74, 6) is -0.340. The van der Waals surface area contributed by atoms with E-state index in [0.717, 1.165) is 32.5 Å². The first-order valence-electron chi connectivity index (χ1n) is 8.01. The van der Waals surface area contributed by atoms with Crippen molar-refractivity contribution in [3.05, 3.63) is 62.7 Å². The molecule has 2 rings (SSSR count). The normalized spacial score (nSPS) is 11.2. The molecule has 26 heavy (non-hydrogen) atoms. The van der Waals surface area contributed by atoms with E-state index in [4.69, 9.17) is 11.6 Å². The van der Waals surface area contributed by atoms with E-state index in [0.29, 0.717) is 17.3 Å². The van der Waals surface area contributed by atoms with E-state index < -0.39 is 10.0 Å². The summed E-state index contributed by atoms with van der Waals surface area (Å²) in [6.45, 7) is 0.208. The Morgan fingerprint density at radius 1 is 1.15 bits per heavy atom. The van der Waals surface area contributed by atoms with Crippen LogP contribution in [0.25, 0.3) is 0 Å². The maximum atomic E-state index is 12.2. The van der Waals surface area contributed by atoms with Crippen molar-refractivity contribution in [1.29, 1.82) is 0 Å². The third-order valence-corrected chi connectivity index (χ3v) is 5.93. The van der Waals surface area contributed by atoms with Crippen LogP contribution in [-0.4, -0.2) is 33.7 Å². The Kier molecular flexibility index (Phi) is 7.72. The lowest BCUT2D eigenvalue weighted by atomic mass is 10.1. The number of hydrogen-bond donors (Lipinski definition) is 1. The van der Waals surface area contributed by atoms with Crippen molar-refractivity contribution in [2.24, 2.45) is 0 Å². The summed E-state index contributed by atoms with van der Waals surface area (Å²) in [7, 11) is -3.55. The maximum Gasteiger partial charge on any atom is 0.240 e. The smallest absolute Gasteiger partial charge is 0.240 e. The Morgan fingerprint density at radius 2 is 1.81 bits per heavy atom. The molecular weight excluding hydrogens is 487 g/mol. The Hall–Kier alpha value is -1.32. The van der Waals surface area contributed by atoms with Gasteiger partial charge in [0.25, 0.3) is 0 Å². The van der Waals surface area contributed by atoms with Gasteiger partial charge in [0.15, 0.2) is 0 Å². The number of amides is 1. The first kappa shape index (κ1) is 21.0. The molecule has 0 heterocycles. The van der Waals surface area contributed by atoms with E-state index in [-0.39, 0.29) is 12.5 Å². The predicted molar refractivity (Wildman–Crippen MR) is 114 cm³/mol. The molecule has 0 bridgehead atoms. The van der Waals surface area contributed by atoms with Crippen LogP contribution in [0.1, 0.15) is 12.0 Å². The van der Waals surface area contributed by atoms with E-state index in [9.17, 15) is 13.2 Å². The van der Waals surface area contributed by atoms with Crippen molar-refractivity contribution >= 4 is 55.8 Å². The van der Waals surface area contributed by atoms with Gasteiger partial charge in [-0.25, -0.2) is 8.42 Å². The standard InChI is InChI=1S/C18H20ClIN2O3S/c1-26(24,25)22(16-10-8-15(20)9-11-16)13-18(23)21-12-4-6-14-5-2-3-7-17(14)19/h2-3,5,7-11H,4,6,12-13H2,1H3,(H,21,23). The lowest BCUT2D eigenvalue weighted by Crippen LogP contribution is -2.40. The number of rotatable bonds is 8. The lowest BCUT2D eigenvalue weighted by Gasteiger charge is -2.22. The zero-order valence-corrected chi connectivity index (χ0v) is 18.0. The maximum absolute atomic E-state index is 12.2. The molecule has 0 fully saturated rings. The molecule has 0 aliphatic heterocycles. The second-order valence-corrected chi connectivity index (χ2v) is 9.35. The predicted octanol–water partition coefficient (Wildman–Crippen LogP) is 3.46. The highest BCUT2D eigenvalue weighted by molar-refractivity contribution is 14.1. The molecule has 140 valence electrons. The molecule has 2 aromatic carbocycles. The van der Waals surface area contributed by atoms with Crippen LogP contribution in [-0.2, 0) is 21.2 Å². The molecule has 1 amide bonds. The first-order valence-corrected chi connectivity index (χ1v) is 11.3. The van der Waals surface area contributed by atoms with Gasteiger partial charge in [0.2, 0.25) is 15.9 Å². The fraction of sp³-hybridized carbons (Fsp3) is 0.278. The molecule has 0 aromatic heterocycles. The van der Waals surface area contributed by atoms with Crippen molar-refractivity contribution < 1.29 is 13.2 Å². The van der Waals surface area contributed by atoms with Crippen LogP contribution < -0.4 is 9.62 Å². The molecule has 0 atom stereocenters. The quantitative estimate of drug-likeness (QED) is 0.440. The van der Waals surface area contributed by atoms with Gasteiger partial charge in [-0.2, -0.15) is 0 Å². The minimum Gasteiger partial charge on any atom is -0.355 e. The second kappa shape index (κ2) is 9.57. The second-order valence-electron chi connectivity index (χ2n) is 5.79. The Bertz CT molecular complexity index is 857. The van der Waals surface area contributed by atoms with Gasteiger partial charge >= 0.3 is 0 Å². The minimum absolute atomic E-state index is 0.245. The molecule has 0 saturated heterocycles. The number of sulfonamides is 1. The summed E-state index contributed by atoms with van der Waals surface area (Å²) < 4.78 is 26.2. The monoisotopic (exact) mass is 506 g/mol. The van der Waals surface area contributed by atoms with Crippen molar-refractivity contribution in [3.63, 3.8) is 0 Å². The van der Waals surface area contributed by atoms with Gasteiger partial charge in [-0.3, -0.25) is 9.10 Å². The zero-order valence-electron chi connectivity index (χ0n) is 14.3. The van der Waals surface area contributed by atoms with Crippen LogP contribution in [0.15, 0.2) is 48.5 Å².